The van der Waals surface area contributed by atoms with Crippen LogP contribution < -0.4 is 10.5 Å². The van der Waals surface area contributed by atoms with Crippen LogP contribution in [0.5, 0.6) is 5.75 Å². The Hall–Kier alpha value is -1.42. The highest BCUT2D eigenvalue weighted by Gasteiger charge is 2.11. The van der Waals surface area contributed by atoms with Gasteiger partial charge in [-0.25, -0.2) is 8.78 Å². The Labute approximate surface area is 81.0 Å². The summed E-state index contributed by atoms with van der Waals surface area (Å²) in [6.07, 6.45) is 2.93. The summed E-state index contributed by atoms with van der Waals surface area (Å²) in [5.41, 5.74) is 5.29. The number of hydrogen-bond donors (Lipinski definition) is 1. The topological polar surface area (TPSA) is 35.2 Å². The van der Waals surface area contributed by atoms with Crippen LogP contribution in [0, 0.1) is 11.6 Å². The number of halogens is 2. The molecule has 0 saturated heterocycles. The average Bonchev–Trinajstić information content (AvgIpc) is 2.19. The van der Waals surface area contributed by atoms with Crippen LogP contribution in [0.2, 0.25) is 0 Å². The van der Waals surface area contributed by atoms with Gasteiger partial charge in [-0.05, 0) is 12.1 Å². The molecule has 0 aliphatic heterocycles. The molecule has 0 amide bonds. The van der Waals surface area contributed by atoms with Crippen molar-refractivity contribution in [3.05, 3.63) is 35.4 Å². The van der Waals surface area contributed by atoms with E-state index in [0.29, 0.717) is 0 Å². The second-order valence-electron chi connectivity index (χ2n) is 2.61. The van der Waals surface area contributed by atoms with Gasteiger partial charge < -0.3 is 10.5 Å². The molecule has 0 saturated carbocycles. The van der Waals surface area contributed by atoms with Gasteiger partial charge in [-0.1, -0.05) is 12.2 Å². The maximum absolute atomic E-state index is 13.2. The first-order valence-corrected chi connectivity index (χ1v) is 4.09. The molecule has 0 unspecified atom stereocenters. The largest absolute Gasteiger partial charge is 0.493 e. The minimum Gasteiger partial charge on any atom is -0.493 e. The molecule has 0 aliphatic carbocycles. The molecule has 0 bridgehead atoms. The number of hydrogen-bond acceptors (Lipinski definition) is 2. The molecule has 1 aromatic rings. The Balaban J connectivity index is 3.22. The Morgan fingerprint density at radius 3 is 2.57 bits per heavy atom. The van der Waals surface area contributed by atoms with Crippen LogP contribution in [0.15, 0.2) is 18.2 Å². The SMILES string of the molecule is COc1c(F)ccc(F)c1/C=C/CN. The van der Waals surface area contributed by atoms with E-state index in [1.54, 1.807) is 0 Å². The number of methoxy groups -OCH3 is 1. The zero-order chi connectivity index (χ0) is 10.6. The van der Waals surface area contributed by atoms with E-state index in [-0.39, 0.29) is 17.9 Å². The second-order valence-corrected chi connectivity index (χ2v) is 2.61. The maximum Gasteiger partial charge on any atom is 0.165 e. The van der Waals surface area contributed by atoms with E-state index in [2.05, 4.69) is 0 Å². The van der Waals surface area contributed by atoms with Crippen LogP contribution in [-0.2, 0) is 0 Å². The van der Waals surface area contributed by atoms with E-state index >= 15 is 0 Å². The van der Waals surface area contributed by atoms with Crippen molar-refractivity contribution >= 4 is 6.08 Å². The minimum absolute atomic E-state index is 0.0814. The lowest BCUT2D eigenvalue weighted by atomic mass is 10.1. The van der Waals surface area contributed by atoms with E-state index in [4.69, 9.17) is 10.5 Å². The Kier molecular flexibility index (Phi) is 3.59. The first-order chi connectivity index (χ1) is 6.70. The van der Waals surface area contributed by atoms with Gasteiger partial charge in [0.2, 0.25) is 0 Å². The first kappa shape index (κ1) is 10.7. The predicted molar refractivity (Wildman–Crippen MR) is 51.0 cm³/mol. The van der Waals surface area contributed by atoms with E-state index in [9.17, 15) is 8.78 Å². The fourth-order valence-electron chi connectivity index (χ4n) is 1.10. The predicted octanol–water partition coefficient (Wildman–Crippen LogP) is 1.95. The van der Waals surface area contributed by atoms with Gasteiger partial charge in [0.25, 0.3) is 0 Å². The zero-order valence-corrected chi connectivity index (χ0v) is 7.76. The van der Waals surface area contributed by atoms with Gasteiger partial charge in [-0.2, -0.15) is 0 Å². The van der Waals surface area contributed by atoms with Crippen molar-refractivity contribution in [2.75, 3.05) is 13.7 Å². The molecular weight excluding hydrogens is 188 g/mol. The molecule has 0 fully saturated rings. The molecule has 4 heteroatoms. The monoisotopic (exact) mass is 199 g/mol. The van der Waals surface area contributed by atoms with Gasteiger partial charge in [-0.15, -0.1) is 0 Å². The van der Waals surface area contributed by atoms with Crippen molar-refractivity contribution in [1.82, 2.24) is 0 Å². The lowest BCUT2D eigenvalue weighted by Crippen LogP contribution is -1.96. The van der Waals surface area contributed by atoms with Crippen LogP contribution in [0.3, 0.4) is 0 Å². The molecule has 0 atom stereocenters. The molecule has 0 aromatic heterocycles. The summed E-state index contributed by atoms with van der Waals surface area (Å²) < 4.78 is 31.0. The Morgan fingerprint density at radius 1 is 1.36 bits per heavy atom. The molecule has 14 heavy (non-hydrogen) atoms. The quantitative estimate of drug-likeness (QED) is 0.807. The van der Waals surface area contributed by atoms with Crippen LogP contribution in [0.25, 0.3) is 6.08 Å². The van der Waals surface area contributed by atoms with Gasteiger partial charge in [0, 0.05) is 6.54 Å². The van der Waals surface area contributed by atoms with Crippen molar-refractivity contribution in [3.8, 4) is 5.75 Å². The van der Waals surface area contributed by atoms with Crippen molar-refractivity contribution in [2.24, 2.45) is 5.73 Å². The maximum atomic E-state index is 13.2. The van der Waals surface area contributed by atoms with Gasteiger partial charge in [0.05, 0.1) is 12.7 Å². The molecular formula is C10H11F2NO. The van der Waals surface area contributed by atoms with Gasteiger partial charge in [0.15, 0.2) is 11.6 Å². The summed E-state index contributed by atoms with van der Waals surface area (Å²) in [5.74, 6) is -1.23. The molecule has 0 heterocycles. The van der Waals surface area contributed by atoms with Crippen molar-refractivity contribution in [1.29, 1.82) is 0 Å². The van der Waals surface area contributed by atoms with Crippen molar-refractivity contribution in [3.63, 3.8) is 0 Å². The van der Waals surface area contributed by atoms with Crippen LogP contribution >= 0.6 is 0 Å². The number of ether oxygens (including phenoxy) is 1. The summed E-state index contributed by atoms with van der Waals surface area (Å²) in [5, 5.41) is 0. The van der Waals surface area contributed by atoms with Gasteiger partial charge in [0.1, 0.15) is 5.82 Å². The minimum atomic E-state index is -0.592. The highest BCUT2D eigenvalue weighted by atomic mass is 19.1. The van der Waals surface area contributed by atoms with Gasteiger partial charge in [-0.3, -0.25) is 0 Å². The molecule has 0 radical (unpaired) electrons. The first-order valence-electron chi connectivity index (χ1n) is 4.09. The van der Waals surface area contributed by atoms with Crippen molar-refractivity contribution < 1.29 is 13.5 Å². The van der Waals surface area contributed by atoms with Crippen LogP contribution in [-0.4, -0.2) is 13.7 Å². The third-order valence-electron chi connectivity index (χ3n) is 1.72. The summed E-state index contributed by atoms with van der Waals surface area (Å²) in [7, 11) is 1.29. The van der Waals surface area contributed by atoms with E-state index in [0.717, 1.165) is 12.1 Å². The second kappa shape index (κ2) is 4.72. The molecule has 76 valence electrons. The standard InChI is InChI=1S/C10H11F2NO/c1-14-10-7(3-2-6-13)8(11)4-5-9(10)12/h2-5H,6,13H2,1H3/b3-2+. The summed E-state index contributed by atoms with van der Waals surface area (Å²) in [6.45, 7) is 0.263. The number of nitrogens with two attached hydrogens (primary N) is 1. The summed E-state index contributed by atoms with van der Waals surface area (Å²) >= 11 is 0. The lowest BCUT2D eigenvalue weighted by Gasteiger charge is -2.06. The Morgan fingerprint density at radius 2 is 2.00 bits per heavy atom. The van der Waals surface area contributed by atoms with Crippen LogP contribution in [0.4, 0.5) is 8.78 Å². The highest BCUT2D eigenvalue weighted by molar-refractivity contribution is 5.58. The molecule has 1 rings (SSSR count). The fourth-order valence-corrected chi connectivity index (χ4v) is 1.10. The normalized spacial score (nSPS) is 10.9. The third kappa shape index (κ3) is 2.09. The molecule has 2 nitrogen and oxygen atoms in total. The fraction of sp³-hybridized carbons (Fsp3) is 0.200. The third-order valence-corrected chi connectivity index (χ3v) is 1.72. The smallest absolute Gasteiger partial charge is 0.165 e. The number of benzene rings is 1. The van der Waals surface area contributed by atoms with E-state index < -0.39 is 11.6 Å². The van der Waals surface area contributed by atoms with Gasteiger partial charge >= 0.3 is 0 Å². The molecule has 0 spiro atoms. The highest BCUT2D eigenvalue weighted by Crippen LogP contribution is 2.26. The summed E-state index contributed by atoms with van der Waals surface area (Å²) in [4.78, 5) is 0. The van der Waals surface area contributed by atoms with E-state index in [1.807, 2.05) is 0 Å². The molecule has 1 aromatic carbocycles. The molecule has 2 N–H and O–H groups in total. The van der Waals surface area contributed by atoms with Crippen molar-refractivity contribution in [2.45, 2.75) is 0 Å². The van der Waals surface area contributed by atoms with Crippen LogP contribution in [0.1, 0.15) is 5.56 Å². The van der Waals surface area contributed by atoms with E-state index in [1.165, 1.54) is 19.3 Å². The zero-order valence-electron chi connectivity index (χ0n) is 7.76. The number of rotatable bonds is 3. The Bertz CT molecular complexity index is 350. The average molecular weight is 199 g/mol. The molecule has 0 aliphatic rings. The summed E-state index contributed by atoms with van der Waals surface area (Å²) in [6, 6.07) is 2.07. The lowest BCUT2D eigenvalue weighted by molar-refractivity contribution is 0.381.